The fourth-order valence-corrected chi connectivity index (χ4v) is 3.73. The summed E-state index contributed by atoms with van der Waals surface area (Å²) in [5.41, 5.74) is 6.70. The molecule has 0 radical (unpaired) electrons. The maximum Gasteiger partial charge on any atom is 0.130 e. The Kier molecular flexibility index (Phi) is 5.17. The zero-order valence-electron chi connectivity index (χ0n) is 17.2. The van der Waals surface area contributed by atoms with Crippen LogP contribution in [0.5, 0.6) is 5.75 Å². The standard InChI is InChI=1S/C22H36O/c1-13-16-14(2)17(20(4,5)6)15(3)18(19(16)23-12)22(10,11)21(7,8)9/h13H,1H2,2-12H3. The second-order valence-electron chi connectivity index (χ2n) is 9.28. The number of hydrogen-bond acceptors (Lipinski definition) is 1. The van der Waals surface area contributed by atoms with E-state index >= 15 is 0 Å². The van der Waals surface area contributed by atoms with E-state index in [1.807, 2.05) is 6.08 Å². The molecular formula is C22H36O. The molecule has 0 bridgehead atoms. The molecule has 0 unspecified atom stereocenters. The normalized spacial score (nSPS) is 13.2. The van der Waals surface area contributed by atoms with E-state index in [1.54, 1.807) is 7.11 Å². The van der Waals surface area contributed by atoms with Crippen molar-refractivity contribution in [3.05, 3.63) is 34.4 Å². The molecule has 0 aromatic heterocycles. The highest BCUT2D eigenvalue weighted by Crippen LogP contribution is 2.50. The molecule has 23 heavy (non-hydrogen) atoms. The van der Waals surface area contributed by atoms with Gasteiger partial charge in [-0.3, -0.25) is 0 Å². The lowest BCUT2D eigenvalue weighted by atomic mass is 9.62. The highest BCUT2D eigenvalue weighted by Gasteiger charge is 2.40. The van der Waals surface area contributed by atoms with E-state index in [0.29, 0.717) is 0 Å². The van der Waals surface area contributed by atoms with E-state index in [1.165, 1.54) is 22.3 Å². The molecule has 1 aromatic rings. The summed E-state index contributed by atoms with van der Waals surface area (Å²) in [5.74, 6) is 0.989. The third-order valence-electron chi connectivity index (χ3n) is 5.66. The molecule has 0 aliphatic heterocycles. The zero-order valence-corrected chi connectivity index (χ0v) is 17.2. The van der Waals surface area contributed by atoms with Gasteiger partial charge in [-0.2, -0.15) is 0 Å². The minimum atomic E-state index is -0.0200. The average Bonchev–Trinajstić information content (AvgIpc) is 2.34. The van der Waals surface area contributed by atoms with Crippen molar-refractivity contribution in [2.75, 3.05) is 7.11 Å². The summed E-state index contributed by atoms with van der Waals surface area (Å²) in [6.45, 7) is 26.9. The van der Waals surface area contributed by atoms with Gasteiger partial charge in [0.05, 0.1) is 7.11 Å². The van der Waals surface area contributed by atoms with Gasteiger partial charge in [0.15, 0.2) is 0 Å². The second kappa shape index (κ2) is 6.00. The number of benzene rings is 1. The van der Waals surface area contributed by atoms with Crippen LogP contribution in [-0.2, 0) is 10.8 Å². The van der Waals surface area contributed by atoms with Crippen LogP contribution < -0.4 is 4.74 Å². The van der Waals surface area contributed by atoms with Gasteiger partial charge < -0.3 is 4.74 Å². The van der Waals surface area contributed by atoms with Crippen LogP contribution in [0, 0.1) is 19.3 Å². The molecular weight excluding hydrogens is 280 g/mol. The SMILES string of the molecule is C=Cc1c(C)c(C(C)(C)C)c(C)c(C(C)(C)C(C)(C)C)c1OC. The molecule has 0 N–H and O–H groups in total. The van der Waals surface area contributed by atoms with Crippen molar-refractivity contribution in [1.29, 1.82) is 0 Å². The fraction of sp³-hybridized carbons (Fsp3) is 0.636. The summed E-state index contributed by atoms with van der Waals surface area (Å²) >= 11 is 0. The van der Waals surface area contributed by atoms with Gasteiger partial charge in [0.2, 0.25) is 0 Å². The monoisotopic (exact) mass is 316 g/mol. The first kappa shape index (κ1) is 19.8. The van der Waals surface area contributed by atoms with Crippen LogP contribution in [-0.4, -0.2) is 7.11 Å². The van der Waals surface area contributed by atoms with Crippen LogP contribution in [0.4, 0.5) is 0 Å². The van der Waals surface area contributed by atoms with E-state index < -0.39 is 0 Å². The van der Waals surface area contributed by atoms with Crippen molar-refractivity contribution in [3.63, 3.8) is 0 Å². The van der Waals surface area contributed by atoms with Crippen LogP contribution >= 0.6 is 0 Å². The molecule has 0 aliphatic carbocycles. The third kappa shape index (κ3) is 3.20. The molecule has 0 fully saturated rings. The Balaban J connectivity index is 4.08. The lowest BCUT2D eigenvalue weighted by molar-refractivity contribution is 0.217. The van der Waals surface area contributed by atoms with Crippen molar-refractivity contribution in [2.45, 2.75) is 80.1 Å². The first-order valence-corrected chi connectivity index (χ1v) is 8.56. The number of hydrogen-bond donors (Lipinski definition) is 0. The largest absolute Gasteiger partial charge is 0.496 e. The summed E-state index contributed by atoms with van der Waals surface area (Å²) in [7, 11) is 1.78. The smallest absolute Gasteiger partial charge is 0.130 e. The predicted molar refractivity (Wildman–Crippen MR) is 104 cm³/mol. The van der Waals surface area contributed by atoms with Crippen LogP contribution in [0.3, 0.4) is 0 Å². The van der Waals surface area contributed by atoms with Crippen LogP contribution in [0.2, 0.25) is 0 Å². The van der Waals surface area contributed by atoms with Crippen molar-refractivity contribution in [1.82, 2.24) is 0 Å². The molecule has 1 rings (SSSR count). The van der Waals surface area contributed by atoms with E-state index in [9.17, 15) is 0 Å². The molecule has 0 atom stereocenters. The molecule has 1 aromatic carbocycles. The Bertz CT molecular complexity index is 605. The van der Waals surface area contributed by atoms with Crippen molar-refractivity contribution in [3.8, 4) is 5.75 Å². The molecule has 0 amide bonds. The van der Waals surface area contributed by atoms with Gasteiger partial charge in [-0.05, 0) is 46.8 Å². The van der Waals surface area contributed by atoms with Crippen molar-refractivity contribution >= 4 is 6.08 Å². The minimum absolute atomic E-state index is 0.0200. The van der Waals surface area contributed by atoms with Crippen LogP contribution in [0.15, 0.2) is 6.58 Å². The molecule has 0 saturated carbocycles. The maximum atomic E-state index is 5.91. The highest BCUT2D eigenvalue weighted by atomic mass is 16.5. The summed E-state index contributed by atoms with van der Waals surface area (Å²) in [4.78, 5) is 0. The lowest BCUT2D eigenvalue weighted by Crippen LogP contribution is -2.36. The second-order valence-corrected chi connectivity index (χ2v) is 9.28. The van der Waals surface area contributed by atoms with E-state index in [-0.39, 0.29) is 16.2 Å². The van der Waals surface area contributed by atoms with Gasteiger partial charge >= 0.3 is 0 Å². The first-order chi connectivity index (χ1) is 10.2. The lowest BCUT2D eigenvalue weighted by Gasteiger charge is -2.43. The maximum absolute atomic E-state index is 5.91. The molecule has 0 saturated heterocycles. The van der Waals surface area contributed by atoms with Gasteiger partial charge in [0.25, 0.3) is 0 Å². The van der Waals surface area contributed by atoms with Gasteiger partial charge in [0, 0.05) is 11.1 Å². The molecule has 1 nitrogen and oxygen atoms in total. The molecule has 1 heteroatoms. The predicted octanol–water partition coefficient (Wildman–Crippen LogP) is 6.58. The zero-order chi connectivity index (χ0) is 18.4. The number of ether oxygens (including phenoxy) is 1. The summed E-state index contributed by atoms with van der Waals surface area (Å²) in [6.07, 6.45) is 1.95. The first-order valence-electron chi connectivity index (χ1n) is 8.56. The number of methoxy groups -OCH3 is 1. The van der Waals surface area contributed by atoms with Gasteiger partial charge in [-0.15, -0.1) is 0 Å². The van der Waals surface area contributed by atoms with Gasteiger partial charge in [0.1, 0.15) is 5.75 Å². The third-order valence-corrected chi connectivity index (χ3v) is 5.66. The van der Waals surface area contributed by atoms with Crippen LogP contribution in [0.25, 0.3) is 6.08 Å². The molecule has 0 heterocycles. The molecule has 0 aliphatic rings. The average molecular weight is 317 g/mol. The van der Waals surface area contributed by atoms with Crippen LogP contribution in [0.1, 0.15) is 83.2 Å². The molecule has 0 spiro atoms. The fourth-order valence-electron chi connectivity index (χ4n) is 3.73. The Morgan fingerprint density at radius 3 is 1.61 bits per heavy atom. The Morgan fingerprint density at radius 1 is 0.826 bits per heavy atom. The minimum Gasteiger partial charge on any atom is -0.496 e. The Morgan fingerprint density at radius 2 is 1.30 bits per heavy atom. The quantitative estimate of drug-likeness (QED) is 0.612. The Labute approximate surface area is 144 Å². The van der Waals surface area contributed by atoms with E-state index in [2.05, 4.69) is 75.8 Å². The van der Waals surface area contributed by atoms with E-state index in [0.717, 1.165) is 11.3 Å². The van der Waals surface area contributed by atoms with Crippen molar-refractivity contribution < 1.29 is 4.74 Å². The number of rotatable bonds is 3. The van der Waals surface area contributed by atoms with Gasteiger partial charge in [-0.25, -0.2) is 0 Å². The van der Waals surface area contributed by atoms with E-state index in [4.69, 9.17) is 4.74 Å². The van der Waals surface area contributed by atoms with Gasteiger partial charge in [-0.1, -0.05) is 68.0 Å². The highest BCUT2D eigenvalue weighted by molar-refractivity contribution is 5.69. The summed E-state index contributed by atoms with van der Waals surface area (Å²) < 4.78 is 5.91. The summed E-state index contributed by atoms with van der Waals surface area (Å²) in [6, 6.07) is 0. The molecule has 130 valence electrons. The Hall–Kier alpha value is -1.24. The van der Waals surface area contributed by atoms with Crippen molar-refractivity contribution in [2.24, 2.45) is 5.41 Å². The topological polar surface area (TPSA) is 9.23 Å². The summed E-state index contributed by atoms with van der Waals surface area (Å²) in [5, 5.41) is 0.